The number of sulfonamides is 1. The van der Waals surface area contributed by atoms with E-state index in [0.717, 1.165) is 11.3 Å². The Morgan fingerprint density at radius 1 is 1.00 bits per heavy atom. The zero-order valence-corrected chi connectivity index (χ0v) is 16.2. The van der Waals surface area contributed by atoms with E-state index >= 15 is 0 Å². The highest BCUT2D eigenvalue weighted by molar-refractivity contribution is 7.99. The van der Waals surface area contributed by atoms with Crippen LogP contribution in [0.15, 0.2) is 59.5 Å². The molecule has 5 nitrogen and oxygen atoms in total. The van der Waals surface area contributed by atoms with Gasteiger partial charge in [0, 0.05) is 32.6 Å². The minimum absolute atomic E-state index is 0.00766. The second kappa shape index (κ2) is 8.51. The maximum atomic E-state index is 12.3. The third kappa shape index (κ3) is 5.07. The molecule has 0 radical (unpaired) electrons. The van der Waals surface area contributed by atoms with Crippen molar-refractivity contribution in [2.75, 3.05) is 31.8 Å². The second-order valence-electron chi connectivity index (χ2n) is 5.72. The molecule has 2 aromatic rings. The van der Waals surface area contributed by atoms with Gasteiger partial charge in [-0.05, 0) is 29.8 Å². The zero-order valence-electron chi connectivity index (χ0n) is 14.5. The summed E-state index contributed by atoms with van der Waals surface area (Å²) >= 11 is 1.47. The van der Waals surface area contributed by atoms with Crippen molar-refractivity contribution in [3.8, 4) is 0 Å². The minimum atomic E-state index is -3.44. The van der Waals surface area contributed by atoms with E-state index < -0.39 is 10.0 Å². The number of anilines is 1. The van der Waals surface area contributed by atoms with Gasteiger partial charge in [0.1, 0.15) is 0 Å². The van der Waals surface area contributed by atoms with Crippen molar-refractivity contribution < 1.29 is 13.2 Å². The van der Waals surface area contributed by atoms with Gasteiger partial charge in [-0.2, -0.15) is 0 Å². The molecule has 0 aliphatic heterocycles. The highest BCUT2D eigenvalue weighted by Gasteiger charge is 2.17. The van der Waals surface area contributed by atoms with Crippen molar-refractivity contribution in [2.45, 2.75) is 10.6 Å². The molecule has 2 rings (SSSR count). The Balaban J connectivity index is 1.95. The molecule has 0 spiro atoms. The van der Waals surface area contributed by atoms with Gasteiger partial charge in [-0.25, -0.2) is 12.7 Å². The lowest BCUT2D eigenvalue weighted by atomic mass is 10.2. The Morgan fingerprint density at radius 2 is 1.68 bits per heavy atom. The maximum Gasteiger partial charge on any atom is 0.242 e. The molecule has 0 aromatic heterocycles. The zero-order chi connectivity index (χ0) is 18.4. The third-order valence-corrected chi connectivity index (χ3v) is 6.49. The molecule has 0 heterocycles. The highest BCUT2D eigenvalue weighted by Crippen LogP contribution is 2.20. The first-order valence-corrected chi connectivity index (χ1v) is 10.3. The topological polar surface area (TPSA) is 57.7 Å². The number of benzene rings is 2. The molecular formula is C18H22N2O3S2. The van der Waals surface area contributed by atoms with E-state index in [1.54, 1.807) is 30.1 Å². The lowest BCUT2D eigenvalue weighted by Crippen LogP contribution is -2.27. The molecule has 1 amide bonds. The van der Waals surface area contributed by atoms with E-state index in [-0.39, 0.29) is 10.8 Å². The molecule has 0 aliphatic rings. The summed E-state index contributed by atoms with van der Waals surface area (Å²) in [6.07, 6.45) is 0. The van der Waals surface area contributed by atoms with Crippen LogP contribution in [-0.2, 0) is 20.6 Å². The number of amides is 1. The van der Waals surface area contributed by atoms with Crippen LogP contribution in [0.4, 0.5) is 5.69 Å². The van der Waals surface area contributed by atoms with E-state index in [4.69, 9.17) is 0 Å². The average molecular weight is 379 g/mol. The number of hydrogen-bond donors (Lipinski definition) is 0. The van der Waals surface area contributed by atoms with Gasteiger partial charge in [-0.1, -0.05) is 30.3 Å². The first-order chi connectivity index (χ1) is 11.8. The van der Waals surface area contributed by atoms with Crippen LogP contribution in [0, 0.1) is 0 Å². The SMILES string of the molecule is CN(C(=O)CSCc1cccc(S(=O)(=O)N(C)C)c1)c1ccccc1. The Bertz CT molecular complexity index is 821. The summed E-state index contributed by atoms with van der Waals surface area (Å²) in [5.74, 6) is 0.912. The molecule has 0 unspecified atom stereocenters. The molecule has 0 saturated carbocycles. The van der Waals surface area contributed by atoms with Gasteiger partial charge in [-0.3, -0.25) is 4.79 Å². The van der Waals surface area contributed by atoms with Crippen molar-refractivity contribution >= 4 is 33.4 Å². The van der Waals surface area contributed by atoms with E-state index in [2.05, 4.69) is 0 Å². The quantitative estimate of drug-likeness (QED) is 0.743. The third-order valence-electron chi connectivity index (χ3n) is 3.69. The summed E-state index contributed by atoms with van der Waals surface area (Å²) in [5, 5.41) is 0. The monoisotopic (exact) mass is 378 g/mol. The molecule has 25 heavy (non-hydrogen) atoms. The molecule has 0 N–H and O–H groups in total. The number of thioether (sulfide) groups is 1. The number of para-hydroxylation sites is 1. The fourth-order valence-electron chi connectivity index (χ4n) is 2.16. The predicted molar refractivity (Wildman–Crippen MR) is 103 cm³/mol. The smallest absolute Gasteiger partial charge is 0.242 e. The van der Waals surface area contributed by atoms with Gasteiger partial charge in [-0.15, -0.1) is 11.8 Å². The summed E-state index contributed by atoms with van der Waals surface area (Å²) in [6.45, 7) is 0. The number of hydrogen-bond acceptors (Lipinski definition) is 4. The normalized spacial score (nSPS) is 11.5. The van der Waals surface area contributed by atoms with Crippen LogP contribution < -0.4 is 4.90 Å². The van der Waals surface area contributed by atoms with Crippen LogP contribution in [-0.4, -0.2) is 45.5 Å². The molecule has 7 heteroatoms. The molecule has 0 atom stereocenters. The van der Waals surface area contributed by atoms with Crippen molar-refractivity contribution in [1.29, 1.82) is 0 Å². The highest BCUT2D eigenvalue weighted by atomic mass is 32.2. The van der Waals surface area contributed by atoms with Crippen LogP contribution >= 0.6 is 11.8 Å². The first kappa shape index (κ1) is 19.5. The van der Waals surface area contributed by atoms with Gasteiger partial charge in [0.05, 0.1) is 10.6 Å². The van der Waals surface area contributed by atoms with Gasteiger partial charge in [0.2, 0.25) is 15.9 Å². The molecule has 0 bridgehead atoms. The molecule has 0 aliphatic carbocycles. The lowest BCUT2D eigenvalue weighted by molar-refractivity contribution is -0.115. The van der Waals surface area contributed by atoms with Gasteiger partial charge >= 0.3 is 0 Å². The minimum Gasteiger partial charge on any atom is -0.315 e. The maximum absolute atomic E-state index is 12.3. The van der Waals surface area contributed by atoms with E-state index in [0.29, 0.717) is 11.5 Å². The summed E-state index contributed by atoms with van der Waals surface area (Å²) in [7, 11) is 1.33. The first-order valence-electron chi connectivity index (χ1n) is 7.73. The van der Waals surface area contributed by atoms with Crippen LogP contribution in [0.3, 0.4) is 0 Å². The van der Waals surface area contributed by atoms with E-state index in [1.807, 2.05) is 36.4 Å². The van der Waals surface area contributed by atoms with E-state index in [9.17, 15) is 13.2 Å². The van der Waals surface area contributed by atoms with Crippen LogP contribution in [0.2, 0.25) is 0 Å². The Labute approximate surface area is 153 Å². The van der Waals surface area contributed by atoms with Crippen LogP contribution in [0.5, 0.6) is 0 Å². The second-order valence-corrected chi connectivity index (χ2v) is 8.85. The van der Waals surface area contributed by atoms with Crippen LogP contribution in [0.1, 0.15) is 5.56 Å². The standard InChI is InChI=1S/C18H22N2O3S2/c1-19(2)25(22,23)17-11-7-8-15(12-17)13-24-14-18(21)20(3)16-9-5-4-6-10-16/h4-12H,13-14H2,1-3H3. The van der Waals surface area contributed by atoms with Crippen molar-refractivity contribution in [1.82, 2.24) is 4.31 Å². The van der Waals surface area contributed by atoms with Gasteiger partial charge < -0.3 is 4.90 Å². The number of carbonyl (C=O) groups is 1. The van der Waals surface area contributed by atoms with Crippen molar-refractivity contribution in [3.63, 3.8) is 0 Å². The number of rotatable bonds is 7. The summed E-state index contributed by atoms with van der Waals surface area (Å²) in [4.78, 5) is 14.1. The summed E-state index contributed by atoms with van der Waals surface area (Å²) in [6, 6.07) is 16.3. The fourth-order valence-corrected chi connectivity index (χ4v) is 4.01. The predicted octanol–water partition coefficient (Wildman–Crippen LogP) is 2.83. The Kier molecular flexibility index (Phi) is 6.64. The van der Waals surface area contributed by atoms with Crippen LogP contribution in [0.25, 0.3) is 0 Å². The molecule has 134 valence electrons. The van der Waals surface area contributed by atoms with Crippen molar-refractivity contribution in [2.24, 2.45) is 0 Å². The fraction of sp³-hybridized carbons (Fsp3) is 0.278. The van der Waals surface area contributed by atoms with E-state index in [1.165, 1.54) is 30.2 Å². The average Bonchev–Trinajstić information content (AvgIpc) is 2.61. The number of nitrogens with zero attached hydrogens (tertiary/aromatic N) is 2. The Morgan fingerprint density at radius 3 is 2.32 bits per heavy atom. The summed E-state index contributed by atoms with van der Waals surface area (Å²) in [5.41, 5.74) is 1.73. The number of carbonyl (C=O) groups excluding carboxylic acids is 1. The van der Waals surface area contributed by atoms with Gasteiger partial charge in [0.25, 0.3) is 0 Å². The van der Waals surface area contributed by atoms with Gasteiger partial charge in [0.15, 0.2) is 0 Å². The molecule has 2 aromatic carbocycles. The lowest BCUT2D eigenvalue weighted by Gasteiger charge is -2.17. The molecular weight excluding hydrogens is 356 g/mol. The van der Waals surface area contributed by atoms with Crippen molar-refractivity contribution in [3.05, 3.63) is 60.2 Å². The molecule has 0 fully saturated rings. The Hall–Kier alpha value is -1.83. The molecule has 0 saturated heterocycles. The summed E-state index contributed by atoms with van der Waals surface area (Å²) < 4.78 is 25.5. The largest absolute Gasteiger partial charge is 0.315 e.